The van der Waals surface area contributed by atoms with Gasteiger partial charge in [-0.3, -0.25) is 14.7 Å². The molecule has 1 fully saturated rings. The quantitative estimate of drug-likeness (QED) is 0.623. The number of morpholine rings is 1. The SMILES string of the molecule is COc1ccc([C@@H](CNC(=O)c2c3c(nc4ccccc24)CCCC3)N2CCOCC2)cc1. The van der Waals surface area contributed by atoms with Crippen LogP contribution in [0.5, 0.6) is 5.75 Å². The van der Waals surface area contributed by atoms with Gasteiger partial charge in [0, 0.05) is 30.7 Å². The van der Waals surface area contributed by atoms with E-state index in [0.717, 1.165) is 72.2 Å². The maximum Gasteiger partial charge on any atom is 0.252 e. The fourth-order valence-electron chi connectivity index (χ4n) is 5.08. The molecular weight excluding hydrogens is 414 g/mol. The highest BCUT2D eigenvalue weighted by Crippen LogP contribution is 2.30. The summed E-state index contributed by atoms with van der Waals surface area (Å²) in [6, 6.07) is 16.2. The molecule has 1 aromatic heterocycles. The second kappa shape index (κ2) is 9.89. The van der Waals surface area contributed by atoms with Gasteiger partial charge < -0.3 is 14.8 Å². The lowest BCUT2D eigenvalue weighted by Gasteiger charge is -2.35. The predicted octanol–water partition coefficient (Wildman–Crippen LogP) is 3.93. The van der Waals surface area contributed by atoms with Crippen molar-refractivity contribution in [1.82, 2.24) is 15.2 Å². The first-order chi connectivity index (χ1) is 16.2. The zero-order valence-corrected chi connectivity index (χ0v) is 19.2. The molecule has 0 saturated carbocycles. The van der Waals surface area contributed by atoms with E-state index >= 15 is 0 Å². The number of nitrogens with one attached hydrogen (secondary N) is 1. The molecule has 0 spiro atoms. The standard InChI is InChI=1S/C27H31N3O3/c1-32-20-12-10-19(11-13-20)25(30-14-16-33-17-15-30)18-28-27(31)26-21-6-2-4-8-23(21)29-24-9-5-3-7-22(24)26/h2,4,6,8,10-13,25H,3,5,7,9,14-18H2,1H3,(H,28,31)/t25-/m1/s1. The maximum absolute atomic E-state index is 13.6. The molecule has 1 aliphatic heterocycles. The highest BCUT2D eigenvalue weighted by atomic mass is 16.5. The first kappa shape index (κ1) is 21.9. The molecule has 3 aromatic rings. The largest absolute Gasteiger partial charge is 0.497 e. The number of nitrogens with zero attached hydrogens (tertiary/aromatic N) is 2. The van der Waals surface area contributed by atoms with Crippen LogP contribution >= 0.6 is 0 Å². The molecule has 172 valence electrons. The molecule has 5 rings (SSSR count). The Morgan fingerprint density at radius 3 is 2.64 bits per heavy atom. The third-order valence-corrected chi connectivity index (χ3v) is 6.84. The summed E-state index contributed by atoms with van der Waals surface area (Å²) < 4.78 is 10.9. The summed E-state index contributed by atoms with van der Waals surface area (Å²) in [4.78, 5) is 20.9. The van der Waals surface area contributed by atoms with E-state index in [1.54, 1.807) is 7.11 Å². The van der Waals surface area contributed by atoms with E-state index in [2.05, 4.69) is 22.3 Å². The Bertz CT molecular complexity index is 1120. The molecule has 6 heteroatoms. The molecule has 2 aliphatic rings. The molecule has 1 atom stereocenters. The minimum absolute atomic E-state index is 0.00137. The molecule has 1 aliphatic carbocycles. The third-order valence-electron chi connectivity index (χ3n) is 6.84. The molecule has 2 heterocycles. The van der Waals surface area contributed by atoms with E-state index in [0.29, 0.717) is 19.8 Å². The van der Waals surface area contributed by atoms with Gasteiger partial charge in [0.15, 0.2) is 0 Å². The summed E-state index contributed by atoms with van der Waals surface area (Å²) in [5, 5.41) is 4.23. The van der Waals surface area contributed by atoms with Gasteiger partial charge in [-0.25, -0.2) is 0 Å². The lowest BCUT2D eigenvalue weighted by molar-refractivity contribution is 0.0162. The normalized spacial score (nSPS) is 17.4. The number of fused-ring (bicyclic) bond motifs is 2. The summed E-state index contributed by atoms with van der Waals surface area (Å²) >= 11 is 0. The number of carbonyl (C=O) groups excluding carboxylic acids is 1. The van der Waals surface area contributed by atoms with Crippen LogP contribution in [0.1, 0.15) is 46.1 Å². The number of benzene rings is 2. The van der Waals surface area contributed by atoms with Crippen LogP contribution in [0, 0.1) is 0 Å². The van der Waals surface area contributed by atoms with Crippen molar-refractivity contribution < 1.29 is 14.3 Å². The van der Waals surface area contributed by atoms with Gasteiger partial charge in [0.1, 0.15) is 5.75 Å². The van der Waals surface area contributed by atoms with E-state index in [1.807, 2.05) is 36.4 Å². The number of para-hydroxylation sites is 1. The minimum atomic E-state index is -0.00137. The maximum atomic E-state index is 13.6. The topological polar surface area (TPSA) is 63.7 Å². The number of amides is 1. The molecule has 2 aromatic carbocycles. The van der Waals surface area contributed by atoms with Crippen LogP contribution < -0.4 is 10.1 Å². The lowest BCUT2D eigenvalue weighted by Crippen LogP contribution is -2.44. The van der Waals surface area contributed by atoms with Crippen LogP contribution in [0.3, 0.4) is 0 Å². The third kappa shape index (κ3) is 4.59. The molecule has 1 N–H and O–H groups in total. The number of methoxy groups -OCH3 is 1. The van der Waals surface area contributed by atoms with Crippen LogP contribution in [-0.4, -0.2) is 55.7 Å². The van der Waals surface area contributed by atoms with Crippen LogP contribution in [0.15, 0.2) is 48.5 Å². The summed E-state index contributed by atoms with van der Waals surface area (Å²) in [5.41, 5.74) is 5.10. The highest BCUT2D eigenvalue weighted by molar-refractivity contribution is 6.07. The first-order valence-electron chi connectivity index (χ1n) is 11.9. The van der Waals surface area contributed by atoms with Crippen molar-refractivity contribution in [3.63, 3.8) is 0 Å². The molecule has 6 nitrogen and oxygen atoms in total. The number of aromatic nitrogens is 1. The van der Waals surface area contributed by atoms with Crippen molar-refractivity contribution in [1.29, 1.82) is 0 Å². The van der Waals surface area contributed by atoms with Gasteiger partial charge in [0.25, 0.3) is 5.91 Å². The van der Waals surface area contributed by atoms with Gasteiger partial charge in [0.05, 0.1) is 37.4 Å². The van der Waals surface area contributed by atoms with Crippen LogP contribution in [0.25, 0.3) is 10.9 Å². The number of pyridine rings is 1. The molecule has 33 heavy (non-hydrogen) atoms. The van der Waals surface area contributed by atoms with E-state index in [4.69, 9.17) is 14.5 Å². The summed E-state index contributed by atoms with van der Waals surface area (Å²) in [6.07, 6.45) is 4.11. The molecule has 1 saturated heterocycles. The van der Waals surface area contributed by atoms with Crippen molar-refractivity contribution in [2.24, 2.45) is 0 Å². The summed E-state index contributed by atoms with van der Waals surface area (Å²) in [7, 11) is 1.68. The van der Waals surface area contributed by atoms with Gasteiger partial charge in [-0.1, -0.05) is 30.3 Å². The average molecular weight is 446 g/mol. The molecule has 0 bridgehead atoms. The lowest BCUT2D eigenvalue weighted by atomic mass is 9.89. The van der Waals surface area contributed by atoms with Gasteiger partial charge in [-0.15, -0.1) is 0 Å². The van der Waals surface area contributed by atoms with Crippen molar-refractivity contribution in [2.75, 3.05) is 40.0 Å². The number of carbonyl (C=O) groups is 1. The number of hydrogen-bond acceptors (Lipinski definition) is 5. The Labute approximate surface area is 194 Å². The van der Waals surface area contributed by atoms with Crippen molar-refractivity contribution in [3.8, 4) is 5.75 Å². The Balaban J connectivity index is 1.44. The van der Waals surface area contributed by atoms with Crippen molar-refractivity contribution in [3.05, 3.63) is 70.9 Å². The van der Waals surface area contributed by atoms with Crippen LogP contribution in [0.4, 0.5) is 0 Å². The van der Waals surface area contributed by atoms with Gasteiger partial charge >= 0.3 is 0 Å². The highest BCUT2D eigenvalue weighted by Gasteiger charge is 2.26. The first-order valence-corrected chi connectivity index (χ1v) is 11.9. The smallest absolute Gasteiger partial charge is 0.252 e. The average Bonchev–Trinajstić information content (AvgIpc) is 2.88. The predicted molar refractivity (Wildman–Crippen MR) is 129 cm³/mol. The Kier molecular flexibility index (Phi) is 6.55. The van der Waals surface area contributed by atoms with E-state index in [9.17, 15) is 4.79 Å². The van der Waals surface area contributed by atoms with E-state index < -0.39 is 0 Å². The Hall–Kier alpha value is -2.96. The minimum Gasteiger partial charge on any atom is -0.497 e. The van der Waals surface area contributed by atoms with E-state index in [1.165, 1.54) is 5.56 Å². The van der Waals surface area contributed by atoms with Gasteiger partial charge in [-0.2, -0.15) is 0 Å². The van der Waals surface area contributed by atoms with Crippen molar-refractivity contribution >= 4 is 16.8 Å². The molecule has 1 amide bonds. The number of aryl methyl sites for hydroxylation is 1. The van der Waals surface area contributed by atoms with Gasteiger partial charge in [0.2, 0.25) is 0 Å². The fourth-order valence-corrected chi connectivity index (χ4v) is 5.08. The number of ether oxygens (including phenoxy) is 2. The summed E-state index contributed by atoms with van der Waals surface area (Å²) in [5.74, 6) is 0.830. The second-order valence-corrected chi connectivity index (χ2v) is 8.78. The molecule has 0 radical (unpaired) electrons. The Morgan fingerprint density at radius 2 is 1.85 bits per heavy atom. The van der Waals surface area contributed by atoms with Crippen molar-refractivity contribution in [2.45, 2.75) is 31.7 Å². The fraction of sp³-hybridized carbons (Fsp3) is 0.407. The van der Waals surface area contributed by atoms with Crippen LogP contribution in [-0.2, 0) is 17.6 Å². The summed E-state index contributed by atoms with van der Waals surface area (Å²) in [6.45, 7) is 3.66. The zero-order chi connectivity index (χ0) is 22.6. The monoisotopic (exact) mass is 445 g/mol. The van der Waals surface area contributed by atoms with E-state index in [-0.39, 0.29) is 11.9 Å². The zero-order valence-electron chi connectivity index (χ0n) is 19.2. The van der Waals surface area contributed by atoms with Gasteiger partial charge in [-0.05, 0) is 55.0 Å². The Morgan fingerprint density at radius 1 is 1.09 bits per heavy atom. The van der Waals surface area contributed by atoms with Crippen LogP contribution in [0.2, 0.25) is 0 Å². The molecule has 0 unspecified atom stereocenters. The number of hydrogen-bond donors (Lipinski definition) is 1. The molecular formula is C27H31N3O3. The second-order valence-electron chi connectivity index (χ2n) is 8.78. The number of rotatable bonds is 6.